The lowest BCUT2D eigenvalue weighted by molar-refractivity contribution is 0.199. The van der Waals surface area contributed by atoms with Crippen LogP contribution < -0.4 is 0 Å². The molecule has 0 aromatic rings. The van der Waals surface area contributed by atoms with E-state index in [1.54, 1.807) is 0 Å². The van der Waals surface area contributed by atoms with Crippen molar-refractivity contribution in [1.82, 2.24) is 0 Å². The molecule has 0 aliphatic rings. The molecule has 0 heterocycles. The molecule has 0 amide bonds. The number of ether oxygens (including phenoxy) is 1. The van der Waals surface area contributed by atoms with Crippen LogP contribution >= 0.6 is 0 Å². The third kappa shape index (κ3) is 7.00. The van der Waals surface area contributed by atoms with Crippen molar-refractivity contribution in [2.45, 2.75) is 6.92 Å². The van der Waals surface area contributed by atoms with Gasteiger partial charge in [0.25, 0.3) is 0 Å². The Morgan fingerprint density at radius 3 is 3.00 bits per heavy atom. The smallest absolute Gasteiger partial charge is 0.107 e. The topological polar surface area (TPSA) is 9.23 Å². The van der Waals surface area contributed by atoms with Gasteiger partial charge in [0, 0.05) is 0 Å². The van der Waals surface area contributed by atoms with Crippen molar-refractivity contribution in [3.05, 3.63) is 24.3 Å². The van der Waals surface area contributed by atoms with Gasteiger partial charge in [0.05, 0.1) is 6.61 Å². The third-order valence-electron chi connectivity index (χ3n) is 0.802. The molecule has 0 saturated carbocycles. The maximum Gasteiger partial charge on any atom is 0.107 e. The predicted octanol–water partition coefficient (Wildman–Crippen LogP) is 1.77. The Bertz CT molecular complexity index is 160. The van der Waals surface area contributed by atoms with Crippen LogP contribution in [0.4, 0.5) is 0 Å². The Labute approximate surface area is 62.4 Å². The maximum atomic E-state index is 4.97. The van der Waals surface area contributed by atoms with Gasteiger partial charge < -0.3 is 4.74 Å². The zero-order chi connectivity index (χ0) is 7.82. The average Bonchev–Trinajstić information content (AvgIpc) is 1.87. The van der Waals surface area contributed by atoms with Crippen molar-refractivity contribution in [3.63, 3.8) is 0 Å². The second-order valence-electron chi connectivity index (χ2n) is 1.97. The highest BCUT2D eigenvalue weighted by molar-refractivity contribution is 5.10. The average molecular weight is 136 g/mol. The van der Waals surface area contributed by atoms with Crippen molar-refractivity contribution in [2.24, 2.45) is 0 Å². The predicted molar refractivity (Wildman–Crippen MR) is 43.6 cm³/mol. The fourth-order valence-corrected chi connectivity index (χ4v) is 0.435. The first kappa shape index (κ1) is 9.00. The van der Waals surface area contributed by atoms with Gasteiger partial charge in [-0.3, -0.25) is 0 Å². The number of hydrogen-bond acceptors (Lipinski definition) is 1. The van der Waals surface area contributed by atoms with Gasteiger partial charge in [-0.2, -0.15) is 0 Å². The molecule has 0 atom stereocenters. The standard InChI is InChI=1S/C9H12O/c1-4-7-10-8-5-6-9(2)3/h1,5-6H,2,7-8H2,3H3/b6-5+. The molecule has 0 bridgehead atoms. The summed E-state index contributed by atoms with van der Waals surface area (Å²) in [4.78, 5) is 0. The summed E-state index contributed by atoms with van der Waals surface area (Å²) in [5.74, 6) is 2.38. The number of allylic oxidation sites excluding steroid dienone is 2. The molecule has 0 unspecified atom stereocenters. The van der Waals surface area contributed by atoms with Crippen LogP contribution in [0.25, 0.3) is 0 Å². The minimum absolute atomic E-state index is 0.376. The van der Waals surface area contributed by atoms with E-state index in [-0.39, 0.29) is 0 Å². The highest BCUT2D eigenvalue weighted by atomic mass is 16.5. The van der Waals surface area contributed by atoms with E-state index in [0.717, 1.165) is 5.57 Å². The molecule has 0 aromatic carbocycles. The molecule has 0 saturated heterocycles. The van der Waals surface area contributed by atoms with Crippen LogP contribution in [-0.2, 0) is 4.74 Å². The molecule has 0 fully saturated rings. The minimum atomic E-state index is 0.376. The van der Waals surface area contributed by atoms with Crippen molar-refractivity contribution in [1.29, 1.82) is 0 Å². The summed E-state index contributed by atoms with van der Waals surface area (Å²) in [6, 6.07) is 0. The molecule has 0 aliphatic heterocycles. The van der Waals surface area contributed by atoms with Gasteiger partial charge >= 0.3 is 0 Å². The molecule has 10 heavy (non-hydrogen) atoms. The fraction of sp³-hybridized carbons (Fsp3) is 0.333. The molecule has 0 radical (unpaired) electrons. The fourth-order valence-electron chi connectivity index (χ4n) is 0.435. The van der Waals surface area contributed by atoms with E-state index in [2.05, 4.69) is 12.5 Å². The molecular weight excluding hydrogens is 124 g/mol. The molecular formula is C9H12O. The summed E-state index contributed by atoms with van der Waals surface area (Å²) < 4.78 is 4.97. The van der Waals surface area contributed by atoms with E-state index in [1.807, 2.05) is 19.1 Å². The van der Waals surface area contributed by atoms with Crippen LogP contribution in [0.1, 0.15) is 6.92 Å². The van der Waals surface area contributed by atoms with Gasteiger partial charge in [0.15, 0.2) is 0 Å². The lowest BCUT2D eigenvalue weighted by atomic mass is 10.3. The van der Waals surface area contributed by atoms with E-state index < -0.39 is 0 Å². The van der Waals surface area contributed by atoms with Crippen molar-refractivity contribution in [3.8, 4) is 12.3 Å². The second kappa shape index (κ2) is 6.12. The summed E-state index contributed by atoms with van der Waals surface area (Å²) in [7, 11) is 0. The molecule has 0 aromatic heterocycles. The van der Waals surface area contributed by atoms with Gasteiger partial charge in [-0.1, -0.05) is 30.2 Å². The van der Waals surface area contributed by atoms with E-state index in [4.69, 9.17) is 11.2 Å². The van der Waals surface area contributed by atoms with Gasteiger partial charge in [0.1, 0.15) is 6.61 Å². The molecule has 0 aliphatic carbocycles. The molecule has 0 N–H and O–H groups in total. The number of hydrogen-bond donors (Lipinski definition) is 0. The van der Waals surface area contributed by atoms with E-state index >= 15 is 0 Å². The molecule has 54 valence electrons. The third-order valence-corrected chi connectivity index (χ3v) is 0.802. The SMILES string of the molecule is C#CCOC/C=C/C(=C)C. The van der Waals surface area contributed by atoms with Crippen LogP contribution in [0.5, 0.6) is 0 Å². The molecule has 1 heteroatoms. The lowest BCUT2D eigenvalue weighted by Gasteiger charge is -1.91. The van der Waals surface area contributed by atoms with Gasteiger partial charge in [-0.15, -0.1) is 6.42 Å². The first-order valence-electron chi connectivity index (χ1n) is 3.10. The summed E-state index contributed by atoms with van der Waals surface area (Å²) in [5, 5.41) is 0. The second-order valence-corrected chi connectivity index (χ2v) is 1.97. The first-order valence-corrected chi connectivity index (χ1v) is 3.10. The van der Waals surface area contributed by atoms with Crippen LogP contribution in [0, 0.1) is 12.3 Å². The summed E-state index contributed by atoms with van der Waals surface area (Å²) in [6.45, 7) is 6.56. The molecule has 1 nitrogen and oxygen atoms in total. The quantitative estimate of drug-likeness (QED) is 0.325. The van der Waals surface area contributed by atoms with E-state index in [0.29, 0.717) is 13.2 Å². The van der Waals surface area contributed by atoms with Gasteiger partial charge in [-0.05, 0) is 6.92 Å². The largest absolute Gasteiger partial charge is 0.365 e. The Kier molecular flexibility index (Phi) is 5.51. The Hall–Kier alpha value is -1.00. The van der Waals surface area contributed by atoms with Gasteiger partial charge in [0.2, 0.25) is 0 Å². The van der Waals surface area contributed by atoms with Crippen LogP contribution in [0.2, 0.25) is 0 Å². The zero-order valence-corrected chi connectivity index (χ0v) is 6.26. The zero-order valence-electron chi connectivity index (χ0n) is 6.26. The van der Waals surface area contributed by atoms with Crippen LogP contribution in [0.3, 0.4) is 0 Å². The summed E-state index contributed by atoms with van der Waals surface area (Å²) in [5.41, 5.74) is 1.02. The van der Waals surface area contributed by atoms with Crippen LogP contribution in [-0.4, -0.2) is 13.2 Å². The number of rotatable bonds is 4. The Morgan fingerprint density at radius 1 is 1.80 bits per heavy atom. The van der Waals surface area contributed by atoms with Crippen LogP contribution in [0.15, 0.2) is 24.3 Å². The monoisotopic (exact) mass is 136 g/mol. The first-order chi connectivity index (χ1) is 4.77. The molecule has 0 spiro atoms. The highest BCUT2D eigenvalue weighted by Crippen LogP contribution is 1.88. The maximum absolute atomic E-state index is 4.97. The van der Waals surface area contributed by atoms with Crippen molar-refractivity contribution in [2.75, 3.05) is 13.2 Å². The summed E-state index contributed by atoms with van der Waals surface area (Å²) >= 11 is 0. The van der Waals surface area contributed by atoms with Gasteiger partial charge in [-0.25, -0.2) is 0 Å². The normalized spacial score (nSPS) is 9.60. The minimum Gasteiger partial charge on any atom is -0.365 e. The van der Waals surface area contributed by atoms with Crippen molar-refractivity contribution < 1.29 is 4.74 Å². The highest BCUT2D eigenvalue weighted by Gasteiger charge is 1.76. The Balaban J connectivity index is 3.20. The lowest BCUT2D eigenvalue weighted by Crippen LogP contribution is -1.89. The van der Waals surface area contributed by atoms with E-state index in [9.17, 15) is 0 Å². The number of terminal acetylenes is 1. The summed E-state index contributed by atoms with van der Waals surface area (Å²) in [6.07, 6.45) is 8.74. The molecule has 0 rings (SSSR count). The van der Waals surface area contributed by atoms with Crippen molar-refractivity contribution >= 4 is 0 Å². The van der Waals surface area contributed by atoms with E-state index in [1.165, 1.54) is 0 Å². The Morgan fingerprint density at radius 2 is 2.50 bits per heavy atom.